The molecule has 0 unspecified atom stereocenters. The van der Waals surface area contributed by atoms with E-state index in [0.29, 0.717) is 23.1 Å². The summed E-state index contributed by atoms with van der Waals surface area (Å²) in [5, 5.41) is 0.497. The number of nitrogens with zero attached hydrogens (tertiary/aromatic N) is 4. The van der Waals surface area contributed by atoms with Gasteiger partial charge in [-0.15, -0.1) is 0 Å². The predicted molar refractivity (Wildman–Crippen MR) is 126 cm³/mol. The second-order valence-corrected chi connectivity index (χ2v) is 9.00. The Balaban J connectivity index is 1.55. The van der Waals surface area contributed by atoms with Gasteiger partial charge < -0.3 is 9.80 Å². The number of piperidine rings is 1. The van der Waals surface area contributed by atoms with E-state index < -0.39 is 0 Å². The third kappa shape index (κ3) is 3.61. The molecule has 0 bridgehead atoms. The summed E-state index contributed by atoms with van der Waals surface area (Å²) in [6.45, 7) is 6.81. The summed E-state index contributed by atoms with van der Waals surface area (Å²) in [5.41, 5.74) is 4.48. The average Bonchev–Trinajstić information content (AvgIpc) is 3.24. The van der Waals surface area contributed by atoms with Gasteiger partial charge in [-0.2, -0.15) is 0 Å². The van der Waals surface area contributed by atoms with E-state index in [0.717, 1.165) is 67.2 Å². The van der Waals surface area contributed by atoms with Crippen molar-refractivity contribution in [1.29, 1.82) is 0 Å². The van der Waals surface area contributed by atoms with Gasteiger partial charge in [0, 0.05) is 37.3 Å². The second kappa shape index (κ2) is 8.49. The van der Waals surface area contributed by atoms with Gasteiger partial charge in [-0.1, -0.05) is 19.4 Å². The Bertz CT molecular complexity index is 1170. The highest BCUT2D eigenvalue weighted by atomic mass is 19.1. The molecule has 0 atom stereocenters. The molecule has 0 saturated carbocycles. The van der Waals surface area contributed by atoms with Crippen LogP contribution in [-0.4, -0.2) is 35.5 Å². The number of hydrogen-bond acceptors (Lipinski definition) is 4. The van der Waals surface area contributed by atoms with Gasteiger partial charge in [-0.05, 0) is 67.5 Å². The van der Waals surface area contributed by atoms with Crippen molar-refractivity contribution in [2.75, 3.05) is 29.4 Å². The van der Waals surface area contributed by atoms with Gasteiger partial charge in [0.25, 0.3) is 0 Å². The quantitative estimate of drug-likeness (QED) is 0.546. The summed E-state index contributed by atoms with van der Waals surface area (Å²) in [6.07, 6.45) is 6.47. The lowest BCUT2D eigenvalue weighted by Gasteiger charge is -2.33. The van der Waals surface area contributed by atoms with Gasteiger partial charge in [0.05, 0.1) is 10.9 Å². The fourth-order valence-electron chi connectivity index (χ4n) is 5.17. The van der Waals surface area contributed by atoms with Gasteiger partial charge >= 0.3 is 0 Å². The van der Waals surface area contributed by atoms with E-state index >= 15 is 4.39 Å². The average molecular weight is 433 g/mol. The summed E-state index contributed by atoms with van der Waals surface area (Å²) in [7, 11) is 0. The molecule has 5 nitrogen and oxygen atoms in total. The molecule has 2 aliphatic rings. The van der Waals surface area contributed by atoms with E-state index in [9.17, 15) is 4.79 Å². The van der Waals surface area contributed by atoms with Crippen molar-refractivity contribution in [3.8, 4) is 11.1 Å². The van der Waals surface area contributed by atoms with Crippen molar-refractivity contribution in [2.24, 2.45) is 5.92 Å². The number of halogens is 1. The van der Waals surface area contributed by atoms with Crippen molar-refractivity contribution in [3.63, 3.8) is 0 Å². The normalized spacial score (nSPS) is 17.5. The van der Waals surface area contributed by atoms with Crippen LogP contribution < -0.4 is 9.80 Å². The number of aryl methyl sites for hydroxylation is 1. The van der Waals surface area contributed by atoms with Crippen LogP contribution in [-0.2, 0) is 4.79 Å². The predicted octanol–water partition coefficient (Wildman–Crippen LogP) is 5.50. The highest BCUT2D eigenvalue weighted by Gasteiger charge is 2.25. The standard InChI is InChI=1S/C26H29FN4O/c1-3-18-10-13-30(14-11-18)26-24-21(27)8-7-20(25(24)28-16-29-26)19-6-9-22(17(2)15-19)31-12-4-5-23(31)32/h6-9,15-16,18H,3-5,10-14H2,1-2H3. The number of carbonyl (C=O) groups is 1. The zero-order chi connectivity index (χ0) is 22.2. The first-order valence-electron chi connectivity index (χ1n) is 11.7. The summed E-state index contributed by atoms with van der Waals surface area (Å²) >= 11 is 0. The van der Waals surface area contributed by atoms with E-state index in [1.165, 1.54) is 12.5 Å². The maximum atomic E-state index is 15.1. The molecule has 32 heavy (non-hydrogen) atoms. The molecule has 0 spiro atoms. The molecule has 0 aliphatic carbocycles. The van der Waals surface area contributed by atoms with E-state index in [1.807, 2.05) is 24.0 Å². The molecule has 1 amide bonds. The van der Waals surface area contributed by atoms with Crippen LogP contribution in [0.15, 0.2) is 36.7 Å². The molecule has 6 heteroatoms. The first kappa shape index (κ1) is 20.9. The van der Waals surface area contributed by atoms with Crippen LogP contribution in [0, 0.1) is 18.7 Å². The Morgan fingerprint density at radius 3 is 2.59 bits per heavy atom. The fourth-order valence-corrected chi connectivity index (χ4v) is 5.17. The molecule has 2 aliphatic heterocycles. The molecule has 166 valence electrons. The van der Waals surface area contributed by atoms with Gasteiger partial charge in [0.15, 0.2) is 0 Å². The van der Waals surface area contributed by atoms with Crippen LogP contribution in [0.25, 0.3) is 22.0 Å². The maximum absolute atomic E-state index is 15.1. The molecular weight excluding hydrogens is 403 g/mol. The lowest BCUT2D eigenvalue weighted by Crippen LogP contribution is -2.34. The van der Waals surface area contributed by atoms with Gasteiger partial charge in [-0.25, -0.2) is 14.4 Å². The zero-order valence-electron chi connectivity index (χ0n) is 18.8. The smallest absolute Gasteiger partial charge is 0.227 e. The lowest BCUT2D eigenvalue weighted by atomic mass is 9.94. The summed E-state index contributed by atoms with van der Waals surface area (Å²) < 4.78 is 15.1. The van der Waals surface area contributed by atoms with E-state index in [1.54, 1.807) is 12.4 Å². The van der Waals surface area contributed by atoms with Crippen LogP contribution in [0.4, 0.5) is 15.9 Å². The zero-order valence-corrected chi connectivity index (χ0v) is 18.8. The number of benzene rings is 2. The Morgan fingerprint density at radius 2 is 1.91 bits per heavy atom. The number of fused-ring (bicyclic) bond motifs is 1. The second-order valence-electron chi connectivity index (χ2n) is 9.00. The summed E-state index contributed by atoms with van der Waals surface area (Å²) in [5.74, 6) is 1.33. The molecule has 2 saturated heterocycles. The minimum Gasteiger partial charge on any atom is -0.356 e. The maximum Gasteiger partial charge on any atom is 0.227 e. The lowest BCUT2D eigenvalue weighted by molar-refractivity contribution is -0.117. The Labute approximate surface area is 188 Å². The molecule has 3 aromatic rings. The molecule has 3 heterocycles. The molecular formula is C26H29FN4O. The molecule has 0 N–H and O–H groups in total. The Hall–Kier alpha value is -3.02. The highest BCUT2D eigenvalue weighted by molar-refractivity contribution is 6.01. The van der Waals surface area contributed by atoms with E-state index in [-0.39, 0.29) is 11.7 Å². The van der Waals surface area contributed by atoms with Crippen molar-refractivity contribution < 1.29 is 9.18 Å². The minimum absolute atomic E-state index is 0.178. The largest absolute Gasteiger partial charge is 0.356 e. The number of aromatic nitrogens is 2. The van der Waals surface area contributed by atoms with Crippen molar-refractivity contribution in [2.45, 2.75) is 46.0 Å². The monoisotopic (exact) mass is 432 g/mol. The topological polar surface area (TPSA) is 49.3 Å². The van der Waals surface area contributed by atoms with Gasteiger partial charge in [0.2, 0.25) is 5.91 Å². The summed E-state index contributed by atoms with van der Waals surface area (Å²) in [6, 6.07) is 9.40. The number of anilines is 2. The molecule has 2 fully saturated rings. The molecule has 2 aromatic carbocycles. The van der Waals surface area contributed by atoms with Crippen molar-refractivity contribution in [1.82, 2.24) is 9.97 Å². The van der Waals surface area contributed by atoms with Crippen LogP contribution >= 0.6 is 0 Å². The first-order valence-corrected chi connectivity index (χ1v) is 11.7. The third-order valence-electron chi connectivity index (χ3n) is 7.08. The van der Waals surface area contributed by atoms with Crippen molar-refractivity contribution >= 4 is 28.3 Å². The first-order chi connectivity index (χ1) is 15.6. The SMILES string of the molecule is CCC1CCN(c2ncnc3c(-c4ccc(N5CCCC5=O)c(C)c4)ccc(F)c23)CC1. The minimum atomic E-state index is -0.284. The number of carbonyl (C=O) groups excluding carboxylic acids is 1. The van der Waals surface area contributed by atoms with Gasteiger partial charge in [0.1, 0.15) is 18.0 Å². The van der Waals surface area contributed by atoms with E-state index in [2.05, 4.69) is 27.9 Å². The Kier molecular flexibility index (Phi) is 5.53. The van der Waals surface area contributed by atoms with Crippen molar-refractivity contribution in [3.05, 3.63) is 48.0 Å². The number of rotatable bonds is 4. The highest BCUT2D eigenvalue weighted by Crippen LogP contribution is 2.37. The molecule has 1 aromatic heterocycles. The summed E-state index contributed by atoms with van der Waals surface area (Å²) in [4.78, 5) is 25.3. The van der Waals surface area contributed by atoms with Crippen LogP contribution in [0.2, 0.25) is 0 Å². The molecule has 0 radical (unpaired) electrons. The van der Waals surface area contributed by atoms with Gasteiger partial charge in [-0.3, -0.25) is 4.79 Å². The van der Waals surface area contributed by atoms with Crippen LogP contribution in [0.1, 0.15) is 44.6 Å². The Morgan fingerprint density at radius 1 is 1.09 bits per heavy atom. The van der Waals surface area contributed by atoms with E-state index in [4.69, 9.17) is 0 Å². The molecule has 5 rings (SSSR count). The van der Waals surface area contributed by atoms with Crippen LogP contribution in [0.5, 0.6) is 0 Å². The third-order valence-corrected chi connectivity index (χ3v) is 7.08. The van der Waals surface area contributed by atoms with Crippen LogP contribution in [0.3, 0.4) is 0 Å². The fraction of sp³-hybridized carbons (Fsp3) is 0.423. The number of amides is 1. The number of hydrogen-bond donors (Lipinski definition) is 0.